The summed E-state index contributed by atoms with van der Waals surface area (Å²) < 4.78 is 26.0. The highest BCUT2D eigenvalue weighted by molar-refractivity contribution is 7.09. The summed E-state index contributed by atoms with van der Waals surface area (Å²) in [6, 6.07) is 13.6. The molecule has 0 saturated carbocycles. The molecule has 0 aliphatic rings. The average molecular weight is 738 g/mol. The number of ketones is 3. The van der Waals surface area contributed by atoms with Gasteiger partial charge in [-0.1, -0.05) is 46.4 Å². The first kappa shape index (κ1) is 39.9. The summed E-state index contributed by atoms with van der Waals surface area (Å²) >= 11 is 24.4. The second kappa shape index (κ2) is 20.8. The molecule has 2 heterocycles. The zero-order chi connectivity index (χ0) is 34.1. The molecule has 0 N–H and O–H groups in total. The van der Waals surface area contributed by atoms with Gasteiger partial charge in [0.15, 0.2) is 32.5 Å². The first-order chi connectivity index (χ1) is 21.3. The molecule has 45 heavy (non-hydrogen) atoms. The fraction of sp³-hybridized carbons (Fsp3) is 0.241. The van der Waals surface area contributed by atoms with Gasteiger partial charge in [-0.25, -0.2) is 4.79 Å². The lowest BCUT2D eigenvalue weighted by atomic mass is 10.1. The fourth-order valence-electron chi connectivity index (χ4n) is 2.84. The monoisotopic (exact) mass is 736 g/mol. The molecule has 4 rings (SSSR count). The van der Waals surface area contributed by atoms with Crippen LogP contribution in [0.15, 0.2) is 48.5 Å². The van der Waals surface area contributed by atoms with E-state index in [0.717, 1.165) is 28.8 Å². The number of benzene rings is 2. The van der Waals surface area contributed by atoms with Gasteiger partial charge in [0.2, 0.25) is 0 Å². The van der Waals surface area contributed by atoms with E-state index in [1.54, 1.807) is 76.8 Å². The van der Waals surface area contributed by atoms with Gasteiger partial charge in [-0.15, -0.1) is 0 Å². The topological polar surface area (TPSA) is 131 Å². The molecule has 0 atom stereocenters. The van der Waals surface area contributed by atoms with Crippen molar-refractivity contribution in [3.8, 4) is 11.5 Å². The fourth-order valence-corrected chi connectivity index (χ4v) is 5.14. The third-order valence-corrected chi connectivity index (χ3v) is 8.67. The van der Waals surface area contributed by atoms with Crippen LogP contribution >= 0.6 is 69.5 Å². The van der Waals surface area contributed by atoms with E-state index in [1.165, 1.54) is 14.2 Å². The van der Waals surface area contributed by atoms with Crippen molar-refractivity contribution in [1.82, 2.24) is 8.75 Å². The molecule has 10 nitrogen and oxygen atoms in total. The van der Waals surface area contributed by atoms with E-state index in [0.29, 0.717) is 16.9 Å². The summed E-state index contributed by atoms with van der Waals surface area (Å²) in [5.41, 5.74) is 1.15. The van der Waals surface area contributed by atoms with Gasteiger partial charge < -0.3 is 18.9 Å². The van der Waals surface area contributed by atoms with Crippen LogP contribution in [0, 0.1) is 0 Å². The van der Waals surface area contributed by atoms with E-state index in [1.807, 2.05) is 0 Å². The minimum atomic E-state index is -0.514. The summed E-state index contributed by atoms with van der Waals surface area (Å²) in [7, 11) is 7.66. The Morgan fingerprint density at radius 3 is 1.38 bits per heavy atom. The van der Waals surface area contributed by atoms with Crippen LogP contribution in [0.2, 0.25) is 20.4 Å². The molecular weight excluding hydrogens is 710 g/mol. The van der Waals surface area contributed by atoms with Gasteiger partial charge in [0.1, 0.15) is 26.4 Å². The highest BCUT2D eigenvalue weighted by Crippen LogP contribution is 2.30. The average Bonchev–Trinajstić information content (AvgIpc) is 3.56. The molecule has 0 aliphatic heterocycles. The molecule has 0 amide bonds. The van der Waals surface area contributed by atoms with Gasteiger partial charge in [0, 0.05) is 25.3 Å². The Bertz CT molecular complexity index is 1560. The van der Waals surface area contributed by atoms with Gasteiger partial charge in [0.25, 0.3) is 0 Å². The molecule has 0 unspecified atom stereocenters. The number of hydrogen-bond acceptors (Lipinski definition) is 12. The first-order valence-corrected chi connectivity index (χ1v) is 15.4. The van der Waals surface area contributed by atoms with Crippen LogP contribution in [-0.4, -0.2) is 67.6 Å². The number of esters is 1. The lowest BCUT2D eigenvalue weighted by molar-refractivity contribution is 0.0606. The Hall–Kier alpha value is -3.10. The molecule has 4 aromatic rings. The van der Waals surface area contributed by atoms with Crippen LogP contribution in [0.4, 0.5) is 0 Å². The Balaban J connectivity index is 0.000000345. The summed E-state index contributed by atoms with van der Waals surface area (Å²) in [6.07, 6.45) is -0.273. The smallest absolute Gasteiger partial charge is 0.351 e. The quantitative estimate of drug-likeness (QED) is 0.0988. The van der Waals surface area contributed by atoms with E-state index >= 15 is 0 Å². The van der Waals surface area contributed by atoms with Crippen molar-refractivity contribution in [2.24, 2.45) is 0 Å². The number of aromatic nitrogens is 2. The number of nitrogens with zero attached hydrogens (tertiary/aromatic N) is 2. The summed E-state index contributed by atoms with van der Waals surface area (Å²) in [5, 5.41) is 0.474. The molecule has 0 spiro atoms. The van der Waals surface area contributed by atoms with Crippen molar-refractivity contribution in [3.05, 3.63) is 89.8 Å². The number of ether oxygens (including phenoxy) is 4. The second-order valence-electron chi connectivity index (χ2n) is 8.17. The van der Waals surface area contributed by atoms with Crippen molar-refractivity contribution >= 4 is 92.8 Å². The number of rotatable bonds is 8. The number of hydrogen-bond donors (Lipinski definition) is 0. The first-order valence-electron chi connectivity index (χ1n) is 12.3. The Morgan fingerprint density at radius 2 is 1.04 bits per heavy atom. The number of methoxy groups -OCH3 is 4. The largest absolute Gasteiger partial charge is 0.497 e. The second-order valence-corrected chi connectivity index (χ2v) is 11.2. The van der Waals surface area contributed by atoms with Crippen LogP contribution in [0.25, 0.3) is 0 Å². The van der Waals surface area contributed by atoms with Crippen molar-refractivity contribution in [1.29, 1.82) is 0 Å². The van der Waals surface area contributed by atoms with E-state index in [-0.39, 0.29) is 53.9 Å². The van der Waals surface area contributed by atoms with Gasteiger partial charge in [0.05, 0.1) is 27.8 Å². The molecule has 2 aromatic heterocycles. The maximum Gasteiger partial charge on any atom is 0.351 e. The lowest BCUT2D eigenvalue weighted by Crippen LogP contribution is -2.07. The summed E-state index contributed by atoms with van der Waals surface area (Å²) in [6.45, 7) is 1.54. The minimum absolute atomic E-state index is 0.0765. The van der Waals surface area contributed by atoms with Gasteiger partial charge >= 0.3 is 5.97 Å². The van der Waals surface area contributed by atoms with Crippen LogP contribution in [0.3, 0.4) is 0 Å². The van der Waals surface area contributed by atoms with Gasteiger partial charge in [-0.05, 0) is 78.5 Å². The Morgan fingerprint density at radius 1 is 0.644 bits per heavy atom. The third kappa shape index (κ3) is 13.0. The van der Waals surface area contributed by atoms with E-state index in [2.05, 4.69) is 18.2 Å². The van der Waals surface area contributed by atoms with Gasteiger partial charge in [-0.2, -0.15) is 8.75 Å². The zero-order valence-electron chi connectivity index (χ0n) is 24.8. The standard InChI is InChI=1S/C13H9Cl2NO3S.C9H10O2.C5H3Cl2NO2S.C2H6O/c1-19-8-4-2-7(3-5-8)9(17)6-10(18)12-11(14)13(15)16-20-12;1-7(10)8-3-5-9(11-2)6-4-8;1-10-5(9)3-2(6)4(7)8-11-3;1-3-2/h2-5H,6H2,1H3;3-6H,1-2H3;1H3;1-2H3. The number of Topliss-reactive ketones (excluding diaryl/α,β-unsaturated/α-hetero) is 3. The number of carbonyl (C=O) groups is 4. The molecule has 0 bridgehead atoms. The summed E-state index contributed by atoms with van der Waals surface area (Å²) in [5.74, 6) is 0.297. The Kier molecular flexibility index (Phi) is 18.5. The van der Waals surface area contributed by atoms with Gasteiger partial charge in [-0.3, -0.25) is 14.4 Å². The highest BCUT2D eigenvalue weighted by Gasteiger charge is 2.21. The lowest BCUT2D eigenvalue weighted by Gasteiger charge is -2.02. The molecule has 0 fully saturated rings. The van der Waals surface area contributed by atoms with Crippen molar-refractivity contribution in [3.63, 3.8) is 0 Å². The zero-order valence-corrected chi connectivity index (χ0v) is 29.5. The third-order valence-electron chi connectivity index (χ3n) is 5.05. The SMILES string of the molecule is COC.COC(=O)c1snc(Cl)c1Cl.COc1ccc(C(=O)CC(=O)c2snc(Cl)c2Cl)cc1.COc1ccc(C(C)=O)cc1. The predicted molar refractivity (Wildman–Crippen MR) is 178 cm³/mol. The maximum absolute atomic E-state index is 12.0. The minimum Gasteiger partial charge on any atom is -0.497 e. The molecular formula is C29H28Cl4N2O8S2. The summed E-state index contributed by atoms with van der Waals surface area (Å²) in [4.78, 5) is 46.1. The van der Waals surface area contributed by atoms with Crippen molar-refractivity contribution in [2.45, 2.75) is 13.3 Å². The van der Waals surface area contributed by atoms with E-state index in [9.17, 15) is 19.2 Å². The maximum atomic E-state index is 12.0. The molecule has 0 radical (unpaired) electrons. The van der Waals surface area contributed by atoms with Crippen molar-refractivity contribution < 1.29 is 38.1 Å². The number of halogens is 4. The predicted octanol–water partition coefficient (Wildman–Crippen LogP) is 8.31. The van der Waals surface area contributed by atoms with Crippen LogP contribution in [0.5, 0.6) is 11.5 Å². The molecule has 2 aromatic carbocycles. The van der Waals surface area contributed by atoms with Crippen LogP contribution in [0.1, 0.15) is 53.4 Å². The highest BCUT2D eigenvalue weighted by atomic mass is 35.5. The molecule has 16 heteroatoms. The Labute approximate surface area is 288 Å². The van der Waals surface area contributed by atoms with Crippen molar-refractivity contribution in [2.75, 3.05) is 35.5 Å². The molecule has 242 valence electrons. The molecule has 0 aliphatic carbocycles. The van der Waals surface area contributed by atoms with E-state index in [4.69, 9.17) is 55.9 Å². The van der Waals surface area contributed by atoms with Crippen LogP contribution in [-0.2, 0) is 9.47 Å². The number of carbonyl (C=O) groups excluding carboxylic acids is 4. The normalized spacial score (nSPS) is 9.64. The molecule has 0 saturated heterocycles. The van der Waals surface area contributed by atoms with Crippen LogP contribution < -0.4 is 9.47 Å². The van der Waals surface area contributed by atoms with E-state index < -0.39 is 5.97 Å².